The van der Waals surface area contributed by atoms with E-state index in [0.717, 1.165) is 60.7 Å². The topological polar surface area (TPSA) is 74.8 Å². The minimum absolute atomic E-state index is 0.239. The Morgan fingerprint density at radius 3 is 2.65 bits per heavy atom. The number of likely N-dealkylation sites (tertiary alicyclic amines) is 1. The molecule has 0 spiro atoms. The van der Waals surface area contributed by atoms with Crippen molar-refractivity contribution in [3.05, 3.63) is 29.5 Å². The van der Waals surface area contributed by atoms with Crippen LogP contribution in [0.15, 0.2) is 12.4 Å². The summed E-state index contributed by atoms with van der Waals surface area (Å²) in [6.07, 6.45) is 6.49. The van der Waals surface area contributed by atoms with E-state index < -0.39 is 0 Å². The smallest absolute Gasteiger partial charge is 0.227 e. The predicted molar refractivity (Wildman–Crippen MR) is 102 cm³/mol. The van der Waals surface area contributed by atoms with Crippen LogP contribution in [0.2, 0.25) is 0 Å². The van der Waals surface area contributed by atoms with Crippen LogP contribution >= 0.6 is 0 Å². The summed E-state index contributed by atoms with van der Waals surface area (Å²) < 4.78 is 0. The second-order valence-corrected chi connectivity index (χ2v) is 8.37. The summed E-state index contributed by atoms with van der Waals surface area (Å²) in [5.41, 5.74) is 4.58. The highest BCUT2D eigenvalue weighted by molar-refractivity contribution is 5.81. The molecular formula is C20H29N5O. The largest absolute Gasteiger partial charge is 0.342 e. The molecule has 1 atom stereocenters. The van der Waals surface area contributed by atoms with Gasteiger partial charge in [0.1, 0.15) is 0 Å². The highest BCUT2D eigenvalue weighted by Gasteiger charge is 2.31. The average molecular weight is 355 g/mol. The third-order valence-corrected chi connectivity index (χ3v) is 5.07. The number of nitrogens with one attached hydrogen (secondary N) is 1. The third-order valence-electron chi connectivity index (χ3n) is 5.07. The number of aromatic nitrogens is 4. The number of H-pyrrole nitrogens is 1. The maximum Gasteiger partial charge on any atom is 0.227 e. The molecule has 0 aromatic carbocycles. The van der Waals surface area contributed by atoms with Gasteiger partial charge in [0.15, 0.2) is 0 Å². The summed E-state index contributed by atoms with van der Waals surface area (Å²) in [4.78, 5) is 23.9. The summed E-state index contributed by atoms with van der Waals surface area (Å²) in [5, 5.41) is 7.33. The van der Waals surface area contributed by atoms with E-state index in [2.05, 4.69) is 20.2 Å². The summed E-state index contributed by atoms with van der Waals surface area (Å²) >= 11 is 0. The minimum Gasteiger partial charge on any atom is -0.342 e. The van der Waals surface area contributed by atoms with Gasteiger partial charge in [-0.05, 0) is 39.0 Å². The lowest BCUT2D eigenvalue weighted by Gasteiger charge is -2.36. The zero-order chi connectivity index (χ0) is 18.9. The molecule has 140 valence electrons. The monoisotopic (exact) mass is 355 g/mol. The van der Waals surface area contributed by atoms with Crippen molar-refractivity contribution in [2.45, 2.75) is 53.9 Å². The second kappa shape index (κ2) is 7.17. The van der Waals surface area contributed by atoms with Crippen LogP contribution in [0.5, 0.6) is 0 Å². The fourth-order valence-electron chi connectivity index (χ4n) is 3.79. The van der Waals surface area contributed by atoms with Crippen molar-refractivity contribution in [1.82, 2.24) is 25.1 Å². The first kappa shape index (κ1) is 18.5. The molecule has 0 bridgehead atoms. The van der Waals surface area contributed by atoms with Crippen LogP contribution in [0.25, 0.3) is 11.3 Å². The standard InChI is InChI=1S/C20H29N5O/c1-13-17(14(2)24-23-13)18-16(21-8-9-22-18)11-15-7-6-10-25(12-15)19(26)20(3,4)5/h8-9,15H,6-7,10-12H2,1-5H3,(H,23,24)/t15-/m1/s1. The molecule has 1 fully saturated rings. The molecule has 6 heteroatoms. The lowest BCUT2D eigenvalue weighted by molar-refractivity contribution is -0.141. The number of amides is 1. The van der Waals surface area contributed by atoms with Crippen molar-refractivity contribution in [2.75, 3.05) is 13.1 Å². The number of hydrogen-bond acceptors (Lipinski definition) is 4. The van der Waals surface area contributed by atoms with Gasteiger partial charge < -0.3 is 4.90 Å². The zero-order valence-corrected chi connectivity index (χ0v) is 16.5. The van der Waals surface area contributed by atoms with E-state index in [1.165, 1.54) is 0 Å². The number of hydrogen-bond donors (Lipinski definition) is 1. The Labute approximate surface area is 155 Å². The van der Waals surface area contributed by atoms with E-state index in [9.17, 15) is 4.79 Å². The summed E-state index contributed by atoms with van der Waals surface area (Å²) in [6.45, 7) is 11.6. The Balaban J connectivity index is 1.81. The second-order valence-electron chi connectivity index (χ2n) is 8.37. The first-order valence-corrected chi connectivity index (χ1v) is 9.38. The summed E-state index contributed by atoms with van der Waals surface area (Å²) in [6, 6.07) is 0. The van der Waals surface area contributed by atoms with E-state index >= 15 is 0 Å². The van der Waals surface area contributed by atoms with Crippen molar-refractivity contribution < 1.29 is 4.79 Å². The van der Waals surface area contributed by atoms with Gasteiger partial charge in [-0.25, -0.2) is 0 Å². The first-order valence-electron chi connectivity index (χ1n) is 9.38. The van der Waals surface area contributed by atoms with Crippen LogP contribution in [-0.2, 0) is 11.2 Å². The molecule has 1 amide bonds. The average Bonchev–Trinajstić information content (AvgIpc) is 2.93. The first-order chi connectivity index (χ1) is 12.3. The number of nitrogens with zero attached hydrogens (tertiary/aromatic N) is 4. The van der Waals surface area contributed by atoms with Crippen molar-refractivity contribution in [1.29, 1.82) is 0 Å². The minimum atomic E-state index is -0.329. The number of aryl methyl sites for hydroxylation is 2. The quantitative estimate of drug-likeness (QED) is 0.916. The zero-order valence-electron chi connectivity index (χ0n) is 16.5. The van der Waals surface area contributed by atoms with Crippen LogP contribution in [-0.4, -0.2) is 44.1 Å². The maximum absolute atomic E-state index is 12.6. The molecule has 0 radical (unpaired) electrons. The van der Waals surface area contributed by atoms with Gasteiger partial charge >= 0.3 is 0 Å². The lowest BCUT2D eigenvalue weighted by Crippen LogP contribution is -2.45. The van der Waals surface area contributed by atoms with Gasteiger partial charge in [0.2, 0.25) is 5.91 Å². The van der Waals surface area contributed by atoms with Crippen molar-refractivity contribution in [2.24, 2.45) is 11.3 Å². The van der Waals surface area contributed by atoms with Gasteiger partial charge in [-0.2, -0.15) is 5.10 Å². The molecule has 0 aliphatic carbocycles. The van der Waals surface area contributed by atoms with Gasteiger partial charge in [-0.15, -0.1) is 0 Å². The number of carbonyl (C=O) groups is 1. The molecule has 1 aliphatic heterocycles. The molecule has 1 saturated heterocycles. The molecule has 6 nitrogen and oxygen atoms in total. The molecule has 3 heterocycles. The highest BCUT2D eigenvalue weighted by Crippen LogP contribution is 2.30. The molecule has 1 N–H and O–H groups in total. The van der Waals surface area contributed by atoms with Crippen LogP contribution in [0.1, 0.15) is 50.7 Å². The Morgan fingerprint density at radius 2 is 2.00 bits per heavy atom. The molecular weight excluding hydrogens is 326 g/mol. The van der Waals surface area contributed by atoms with Gasteiger partial charge in [0.25, 0.3) is 0 Å². The van der Waals surface area contributed by atoms with Crippen molar-refractivity contribution in [3.8, 4) is 11.3 Å². The summed E-state index contributed by atoms with van der Waals surface area (Å²) in [5.74, 6) is 0.654. The normalized spacial score (nSPS) is 18.2. The van der Waals surface area contributed by atoms with Gasteiger partial charge in [0, 0.05) is 42.2 Å². The number of carbonyl (C=O) groups excluding carboxylic acids is 1. The van der Waals surface area contributed by atoms with Crippen LogP contribution in [0.3, 0.4) is 0 Å². The van der Waals surface area contributed by atoms with E-state index in [1.807, 2.05) is 39.5 Å². The van der Waals surface area contributed by atoms with E-state index in [1.54, 1.807) is 12.4 Å². The SMILES string of the molecule is Cc1n[nH]c(C)c1-c1nccnc1C[C@H]1CCCN(C(=O)C(C)(C)C)C1. The highest BCUT2D eigenvalue weighted by atomic mass is 16.2. The summed E-state index contributed by atoms with van der Waals surface area (Å²) in [7, 11) is 0. The van der Waals surface area contributed by atoms with E-state index in [-0.39, 0.29) is 11.3 Å². The number of aromatic amines is 1. The fraction of sp³-hybridized carbons (Fsp3) is 0.600. The van der Waals surface area contributed by atoms with Crippen LogP contribution in [0, 0.1) is 25.2 Å². The molecule has 1 aliphatic rings. The molecule has 2 aromatic heterocycles. The van der Waals surface area contributed by atoms with Crippen molar-refractivity contribution >= 4 is 5.91 Å². The Morgan fingerprint density at radius 1 is 1.27 bits per heavy atom. The maximum atomic E-state index is 12.6. The molecule has 0 saturated carbocycles. The lowest BCUT2D eigenvalue weighted by atomic mass is 9.88. The van der Waals surface area contributed by atoms with Crippen LogP contribution < -0.4 is 0 Å². The number of piperidine rings is 1. The number of rotatable bonds is 3. The van der Waals surface area contributed by atoms with Gasteiger partial charge in [-0.3, -0.25) is 19.9 Å². The Kier molecular flexibility index (Phi) is 5.12. The third kappa shape index (κ3) is 3.79. The van der Waals surface area contributed by atoms with Gasteiger partial charge in [0.05, 0.1) is 17.1 Å². The molecule has 2 aromatic rings. The Hall–Kier alpha value is -2.24. The van der Waals surface area contributed by atoms with Gasteiger partial charge in [-0.1, -0.05) is 20.8 Å². The van der Waals surface area contributed by atoms with E-state index in [4.69, 9.17) is 0 Å². The fourth-order valence-corrected chi connectivity index (χ4v) is 3.79. The predicted octanol–water partition coefficient (Wildman–Crippen LogP) is 3.31. The Bertz CT molecular complexity index is 770. The molecule has 26 heavy (non-hydrogen) atoms. The van der Waals surface area contributed by atoms with Crippen molar-refractivity contribution in [3.63, 3.8) is 0 Å². The van der Waals surface area contributed by atoms with Crippen LogP contribution in [0.4, 0.5) is 0 Å². The molecule has 0 unspecified atom stereocenters. The molecule has 3 rings (SSSR count). The van der Waals surface area contributed by atoms with E-state index in [0.29, 0.717) is 5.92 Å².